The monoisotopic (exact) mass is 468 g/mol. The normalized spacial score (nSPS) is 10.0. The van der Waals surface area contributed by atoms with Gasteiger partial charge in [0.25, 0.3) is 0 Å². The topological polar surface area (TPSA) is 18.5 Å². The molecule has 3 aromatic carbocycles. The number of benzene rings is 3. The van der Waals surface area contributed by atoms with E-state index < -0.39 is 0 Å². The van der Waals surface area contributed by atoms with Crippen LogP contribution in [0.25, 0.3) is 0 Å². The Balaban J connectivity index is 1.56. The van der Waals surface area contributed by atoms with E-state index in [0.717, 1.165) is 48.7 Å². The van der Waals surface area contributed by atoms with Crippen LogP contribution in [0, 0.1) is 29.5 Å². The zero-order valence-electron chi connectivity index (χ0n) is 20.7. The van der Waals surface area contributed by atoms with Crippen molar-refractivity contribution in [3.63, 3.8) is 0 Å². The maximum Gasteiger partial charge on any atom is 0.140 e. The predicted octanol–water partition coefficient (Wildman–Crippen LogP) is 7.76. The number of hydrogen-bond acceptors (Lipinski definition) is 2. The summed E-state index contributed by atoms with van der Waals surface area (Å²) in [6, 6.07) is 20.1. The third-order valence-corrected chi connectivity index (χ3v) is 5.40. The number of halogens is 1. The molecule has 0 aromatic heterocycles. The van der Waals surface area contributed by atoms with E-state index in [2.05, 4.69) is 37.5 Å². The van der Waals surface area contributed by atoms with Gasteiger partial charge in [0.2, 0.25) is 0 Å². The Morgan fingerprint density at radius 1 is 0.571 bits per heavy atom. The second-order valence-corrected chi connectivity index (χ2v) is 8.35. The van der Waals surface area contributed by atoms with Gasteiger partial charge >= 0.3 is 0 Å². The SMILES string of the molecule is CCCCCOc1ccc(C#Cc2ccc(C#Cc3ccc(OCCCCC)cc3)c(F)c2)cc1. The highest BCUT2D eigenvalue weighted by molar-refractivity contribution is 5.49. The molecule has 0 atom stereocenters. The molecule has 0 aliphatic carbocycles. The van der Waals surface area contributed by atoms with E-state index in [1.54, 1.807) is 12.1 Å². The summed E-state index contributed by atoms with van der Waals surface area (Å²) in [4.78, 5) is 0. The minimum Gasteiger partial charge on any atom is -0.494 e. The first-order chi connectivity index (χ1) is 17.2. The summed E-state index contributed by atoms with van der Waals surface area (Å²) in [6.45, 7) is 5.79. The summed E-state index contributed by atoms with van der Waals surface area (Å²) in [5, 5.41) is 0. The lowest BCUT2D eigenvalue weighted by Crippen LogP contribution is -1.96. The van der Waals surface area contributed by atoms with Crippen molar-refractivity contribution in [2.45, 2.75) is 52.4 Å². The summed E-state index contributed by atoms with van der Waals surface area (Å²) in [5.41, 5.74) is 2.62. The molecule has 0 amide bonds. The second-order valence-electron chi connectivity index (χ2n) is 8.35. The number of unbranched alkanes of at least 4 members (excludes halogenated alkanes) is 4. The molecule has 0 heterocycles. The van der Waals surface area contributed by atoms with Gasteiger partial charge in [0, 0.05) is 16.7 Å². The van der Waals surface area contributed by atoms with Gasteiger partial charge in [0.15, 0.2) is 0 Å². The highest BCUT2D eigenvalue weighted by Gasteiger charge is 2.01. The van der Waals surface area contributed by atoms with Crippen LogP contribution in [0.3, 0.4) is 0 Å². The maximum absolute atomic E-state index is 14.6. The van der Waals surface area contributed by atoms with Crippen molar-refractivity contribution in [3.05, 3.63) is 94.8 Å². The van der Waals surface area contributed by atoms with E-state index in [0.29, 0.717) is 11.1 Å². The van der Waals surface area contributed by atoms with Crippen molar-refractivity contribution in [2.75, 3.05) is 13.2 Å². The van der Waals surface area contributed by atoms with Crippen LogP contribution in [-0.4, -0.2) is 13.2 Å². The van der Waals surface area contributed by atoms with Crippen molar-refractivity contribution in [1.29, 1.82) is 0 Å². The summed E-state index contributed by atoms with van der Waals surface area (Å²) in [5.74, 6) is 13.3. The van der Waals surface area contributed by atoms with Crippen molar-refractivity contribution in [1.82, 2.24) is 0 Å². The lowest BCUT2D eigenvalue weighted by Gasteiger charge is -2.05. The van der Waals surface area contributed by atoms with E-state index in [1.165, 1.54) is 31.7 Å². The van der Waals surface area contributed by atoms with Crippen molar-refractivity contribution < 1.29 is 13.9 Å². The zero-order valence-corrected chi connectivity index (χ0v) is 20.7. The van der Waals surface area contributed by atoms with Crippen LogP contribution in [0.1, 0.15) is 74.6 Å². The third kappa shape index (κ3) is 9.23. The standard InChI is InChI=1S/C32H33FO2/c1-3-5-7-23-34-30-19-13-26(14-20-30)9-10-28-12-18-29(32(33)25-28)17-11-27-15-21-31(22-16-27)35-24-8-6-4-2/h12-16,18-22,25H,3-8,23-24H2,1-2H3. The van der Waals surface area contributed by atoms with Crippen LogP contribution < -0.4 is 9.47 Å². The van der Waals surface area contributed by atoms with Gasteiger partial charge in [-0.05, 0) is 79.6 Å². The van der Waals surface area contributed by atoms with Crippen LogP contribution >= 0.6 is 0 Å². The highest BCUT2D eigenvalue weighted by Crippen LogP contribution is 2.15. The first-order valence-electron chi connectivity index (χ1n) is 12.5. The van der Waals surface area contributed by atoms with E-state index in [9.17, 15) is 4.39 Å². The van der Waals surface area contributed by atoms with E-state index in [1.807, 2.05) is 48.5 Å². The molecular weight excluding hydrogens is 435 g/mol. The van der Waals surface area contributed by atoms with Crippen LogP contribution in [0.5, 0.6) is 11.5 Å². The van der Waals surface area contributed by atoms with E-state index in [-0.39, 0.29) is 5.82 Å². The van der Waals surface area contributed by atoms with Crippen LogP contribution in [-0.2, 0) is 0 Å². The molecule has 0 aliphatic heterocycles. The number of ether oxygens (including phenoxy) is 2. The molecule has 0 unspecified atom stereocenters. The van der Waals surface area contributed by atoms with Gasteiger partial charge in [0.05, 0.1) is 18.8 Å². The van der Waals surface area contributed by atoms with E-state index in [4.69, 9.17) is 9.47 Å². The van der Waals surface area contributed by atoms with Gasteiger partial charge in [-0.2, -0.15) is 0 Å². The largest absolute Gasteiger partial charge is 0.494 e. The Bertz CT molecular complexity index is 1170. The van der Waals surface area contributed by atoms with Gasteiger partial charge in [-0.3, -0.25) is 0 Å². The quantitative estimate of drug-likeness (QED) is 0.224. The summed E-state index contributed by atoms with van der Waals surface area (Å²) in [7, 11) is 0. The average Bonchev–Trinajstić information content (AvgIpc) is 2.89. The first-order valence-corrected chi connectivity index (χ1v) is 12.5. The van der Waals surface area contributed by atoms with E-state index >= 15 is 0 Å². The Morgan fingerprint density at radius 3 is 1.51 bits per heavy atom. The fourth-order valence-electron chi connectivity index (χ4n) is 3.33. The molecular formula is C32H33FO2. The summed E-state index contributed by atoms with van der Waals surface area (Å²) in [6.07, 6.45) is 6.80. The molecule has 0 N–H and O–H groups in total. The van der Waals surface area contributed by atoms with Crippen LogP contribution in [0.15, 0.2) is 66.7 Å². The van der Waals surface area contributed by atoms with Crippen molar-refractivity contribution in [3.8, 4) is 35.2 Å². The Hall–Kier alpha value is -3.69. The summed E-state index contributed by atoms with van der Waals surface area (Å²) >= 11 is 0. The zero-order chi connectivity index (χ0) is 24.7. The average molecular weight is 469 g/mol. The number of hydrogen-bond donors (Lipinski definition) is 0. The van der Waals surface area contributed by atoms with Gasteiger partial charge in [0.1, 0.15) is 17.3 Å². The Labute approximate surface area is 209 Å². The van der Waals surface area contributed by atoms with Crippen LogP contribution in [0.2, 0.25) is 0 Å². The highest BCUT2D eigenvalue weighted by atomic mass is 19.1. The Kier molecular flexibility index (Phi) is 10.8. The summed E-state index contributed by atoms with van der Waals surface area (Å²) < 4.78 is 26.0. The smallest absolute Gasteiger partial charge is 0.140 e. The molecule has 0 saturated carbocycles. The lowest BCUT2D eigenvalue weighted by atomic mass is 10.1. The van der Waals surface area contributed by atoms with Gasteiger partial charge in [-0.25, -0.2) is 4.39 Å². The molecule has 0 fully saturated rings. The Morgan fingerprint density at radius 2 is 1.03 bits per heavy atom. The molecule has 0 radical (unpaired) electrons. The molecule has 3 rings (SSSR count). The minimum absolute atomic E-state index is 0.347. The molecule has 0 saturated heterocycles. The lowest BCUT2D eigenvalue weighted by molar-refractivity contribution is 0.306. The van der Waals surface area contributed by atoms with Crippen molar-refractivity contribution >= 4 is 0 Å². The third-order valence-electron chi connectivity index (χ3n) is 5.40. The molecule has 2 nitrogen and oxygen atoms in total. The molecule has 3 heteroatoms. The maximum atomic E-state index is 14.6. The first kappa shape index (κ1) is 25.9. The predicted molar refractivity (Wildman–Crippen MR) is 141 cm³/mol. The van der Waals surface area contributed by atoms with Crippen molar-refractivity contribution in [2.24, 2.45) is 0 Å². The molecule has 180 valence electrons. The van der Waals surface area contributed by atoms with Crippen LogP contribution in [0.4, 0.5) is 4.39 Å². The number of rotatable bonds is 10. The van der Waals surface area contributed by atoms with Gasteiger partial charge in [-0.15, -0.1) is 0 Å². The molecule has 35 heavy (non-hydrogen) atoms. The molecule has 0 bridgehead atoms. The second kappa shape index (κ2) is 14.5. The van der Waals surface area contributed by atoms with Gasteiger partial charge in [-0.1, -0.05) is 63.2 Å². The fourth-order valence-corrected chi connectivity index (χ4v) is 3.33. The minimum atomic E-state index is -0.379. The molecule has 0 spiro atoms. The van der Waals surface area contributed by atoms with Gasteiger partial charge < -0.3 is 9.47 Å². The molecule has 0 aliphatic rings. The fraction of sp³-hybridized carbons (Fsp3) is 0.312. The molecule has 3 aromatic rings.